The number of benzene rings is 1. The maximum atomic E-state index is 11.4. The Morgan fingerprint density at radius 1 is 1.45 bits per heavy atom. The fraction of sp³-hybridized carbons (Fsp3) is 0.333. The van der Waals surface area contributed by atoms with Crippen LogP contribution in [-0.4, -0.2) is 28.2 Å². The molecule has 2 N–H and O–H groups in total. The Balaban J connectivity index is 1.91. The average molecular weight is 295 g/mol. The number of esters is 1. The fourth-order valence-electron chi connectivity index (χ4n) is 1.87. The Morgan fingerprint density at radius 3 is 2.60 bits per heavy atom. The number of cyclic esters (lactones) is 1. The predicted molar refractivity (Wildman–Crippen MR) is 76.4 cm³/mol. The molecule has 2 atom stereocenters. The highest BCUT2D eigenvalue weighted by atomic mass is 32.1. The number of nitrogens with zero attached hydrogens (tertiary/aromatic N) is 1. The van der Waals surface area contributed by atoms with Gasteiger partial charge in [-0.25, -0.2) is 4.79 Å². The zero-order valence-corrected chi connectivity index (χ0v) is 11.5. The van der Waals surface area contributed by atoms with E-state index in [9.17, 15) is 14.9 Å². The van der Waals surface area contributed by atoms with Crippen molar-refractivity contribution in [1.29, 1.82) is 0 Å². The molecule has 0 saturated carbocycles. The Kier molecular flexibility index (Phi) is 4.14. The number of ether oxygens (including phenoxy) is 1. The molecule has 2 rings (SSSR count). The van der Waals surface area contributed by atoms with Crippen molar-refractivity contribution in [2.45, 2.75) is 25.5 Å². The van der Waals surface area contributed by atoms with Crippen LogP contribution in [0.1, 0.15) is 13.3 Å². The third-order valence-corrected chi connectivity index (χ3v) is 3.03. The summed E-state index contributed by atoms with van der Waals surface area (Å²) in [5.74, 6) is -0.328. The monoisotopic (exact) mass is 295 g/mol. The van der Waals surface area contributed by atoms with E-state index in [-0.39, 0.29) is 22.9 Å². The van der Waals surface area contributed by atoms with E-state index < -0.39 is 11.0 Å². The van der Waals surface area contributed by atoms with Crippen molar-refractivity contribution < 1.29 is 14.5 Å². The number of thiocarbonyl (C=S) groups is 1. The number of carbonyl (C=O) groups is 1. The minimum atomic E-state index is -0.476. The molecule has 0 aliphatic carbocycles. The summed E-state index contributed by atoms with van der Waals surface area (Å²) < 4.78 is 5.00. The van der Waals surface area contributed by atoms with Crippen molar-refractivity contribution in [3.05, 3.63) is 34.4 Å². The van der Waals surface area contributed by atoms with Crippen LogP contribution in [0.4, 0.5) is 11.4 Å². The summed E-state index contributed by atoms with van der Waals surface area (Å²) in [6.07, 6.45) is 0.433. The first-order chi connectivity index (χ1) is 9.45. The van der Waals surface area contributed by atoms with Crippen molar-refractivity contribution in [3.63, 3.8) is 0 Å². The van der Waals surface area contributed by atoms with E-state index >= 15 is 0 Å². The highest BCUT2D eigenvalue weighted by Crippen LogP contribution is 2.16. The van der Waals surface area contributed by atoms with Gasteiger partial charge in [0, 0.05) is 24.2 Å². The summed E-state index contributed by atoms with van der Waals surface area (Å²) in [6.45, 7) is 1.81. The number of nitro benzene ring substituents is 1. The van der Waals surface area contributed by atoms with E-state index in [1.807, 2.05) is 6.92 Å². The number of hydrogen-bond donors (Lipinski definition) is 2. The normalized spacial score (nSPS) is 21.1. The third-order valence-electron chi connectivity index (χ3n) is 2.81. The van der Waals surface area contributed by atoms with Gasteiger partial charge in [0.1, 0.15) is 12.1 Å². The second-order valence-electron chi connectivity index (χ2n) is 4.44. The summed E-state index contributed by atoms with van der Waals surface area (Å²) in [7, 11) is 0. The lowest BCUT2D eigenvalue weighted by Crippen LogP contribution is -2.40. The lowest BCUT2D eigenvalue weighted by molar-refractivity contribution is -0.384. The molecular weight excluding hydrogens is 282 g/mol. The van der Waals surface area contributed by atoms with Crippen molar-refractivity contribution >= 4 is 34.7 Å². The Labute approximate surface area is 120 Å². The first-order valence-electron chi connectivity index (χ1n) is 5.98. The zero-order chi connectivity index (χ0) is 14.7. The number of non-ortho nitro benzene ring substituents is 1. The van der Waals surface area contributed by atoms with Crippen LogP contribution < -0.4 is 10.6 Å². The molecule has 1 aromatic rings. The quantitative estimate of drug-likeness (QED) is 0.378. The van der Waals surface area contributed by atoms with Gasteiger partial charge in [-0.2, -0.15) is 0 Å². The molecule has 8 heteroatoms. The number of anilines is 1. The van der Waals surface area contributed by atoms with E-state index in [1.165, 1.54) is 12.1 Å². The van der Waals surface area contributed by atoms with Crippen molar-refractivity contribution in [3.8, 4) is 0 Å². The number of nitrogens with one attached hydrogen (secondary N) is 2. The molecule has 0 bridgehead atoms. The van der Waals surface area contributed by atoms with Crippen LogP contribution in [0.5, 0.6) is 0 Å². The minimum Gasteiger partial charge on any atom is -0.461 e. The van der Waals surface area contributed by atoms with E-state index in [2.05, 4.69) is 10.6 Å². The van der Waals surface area contributed by atoms with Crippen LogP contribution in [0, 0.1) is 10.1 Å². The molecule has 0 spiro atoms. The first kappa shape index (κ1) is 14.2. The van der Waals surface area contributed by atoms with Gasteiger partial charge < -0.3 is 15.4 Å². The average Bonchev–Trinajstić information content (AvgIpc) is 2.68. The van der Waals surface area contributed by atoms with Crippen molar-refractivity contribution in [2.75, 3.05) is 5.32 Å². The first-order valence-corrected chi connectivity index (χ1v) is 6.39. The Bertz CT molecular complexity index is 546. The van der Waals surface area contributed by atoms with Crippen molar-refractivity contribution in [1.82, 2.24) is 5.32 Å². The van der Waals surface area contributed by atoms with Gasteiger partial charge in [-0.05, 0) is 31.3 Å². The van der Waals surface area contributed by atoms with Crippen LogP contribution in [-0.2, 0) is 9.53 Å². The molecule has 1 saturated heterocycles. The SMILES string of the molecule is C[C@H]1C[C@@H](NC(=S)Nc2ccc([N+](=O)[O-])cc2)C(=O)O1. The molecule has 20 heavy (non-hydrogen) atoms. The van der Waals surface area contributed by atoms with Gasteiger partial charge in [-0.1, -0.05) is 0 Å². The summed E-state index contributed by atoms with van der Waals surface area (Å²) in [5, 5.41) is 16.5. The number of hydrogen-bond acceptors (Lipinski definition) is 5. The van der Waals surface area contributed by atoms with Gasteiger partial charge in [0.2, 0.25) is 0 Å². The van der Waals surface area contributed by atoms with Crippen LogP contribution in [0.3, 0.4) is 0 Å². The van der Waals surface area contributed by atoms with Crippen LogP contribution in [0.2, 0.25) is 0 Å². The molecule has 0 unspecified atom stereocenters. The third kappa shape index (κ3) is 3.41. The van der Waals surface area contributed by atoms with Crippen LogP contribution in [0.15, 0.2) is 24.3 Å². The van der Waals surface area contributed by atoms with E-state index in [0.717, 1.165) is 0 Å². The summed E-state index contributed by atoms with van der Waals surface area (Å²) in [5.41, 5.74) is 0.607. The molecule has 1 fully saturated rings. The second kappa shape index (κ2) is 5.83. The van der Waals surface area contributed by atoms with E-state index in [0.29, 0.717) is 12.1 Å². The minimum absolute atomic E-state index is 0.00243. The molecule has 7 nitrogen and oxygen atoms in total. The maximum absolute atomic E-state index is 11.4. The fourth-order valence-corrected chi connectivity index (χ4v) is 2.13. The van der Waals surface area contributed by atoms with Crippen LogP contribution >= 0.6 is 12.2 Å². The Morgan fingerprint density at radius 2 is 2.10 bits per heavy atom. The molecule has 1 heterocycles. The molecule has 106 valence electrons. The standard InChI is InChI=1S/C12H13N3O4S/c1-7-6-10(11(16)19-7)14-12(20)13-8-2-4-9(5-3-8)15(17)18/h2-5,7,10H,6H2,1H3,(H2,13,14,20)/t7-,10+/m0/s1. The smallest absolute Gasteiger partial charge is 0.329 e. The molecule has 0 amide bonds. The molecule has 1 aromatic carbocycles. The number of nitro groups is 1. The highest BCUT2D eigenvalue weighted by Gasteiger charge is 2.32. The summed E-state index contributed by atoms with van der Waals surface area (Å²) in [4.78, 5) is 21.5. The topological polar surface area (TPSA) is 93.5 Å². The largest absolute Gasteiger partial charge is 0.461 e. The molecular formula is C12H13N3O4S. The molecule has 1 aliphatic heterocycles. The number of rotatable bonds is 3. The van der Waals surface area contributed by atoms with Crippen LogP contribution in [0.25, 0.3) is 0 Å². The van der Waals surface area contributed by atoms with Gasteiger partial charge in [0.25, 0.3) is 5.69 Å². The van der Waals surface area contributed by atoms with E-state index in [4.69, 9.17) is 17.0 Å². The van der Waals surface area contributed by atoms with E-state index in [1.54, 1.807) is 12.1 Å². The second-order valence-corrected chi connectivity index (χ2v) is 4.85. The number of carbonyl (C=O) groups excluding carboxylic acids is 1. The summed E-state index contributed by atoms with van der Waals surface area (Å²) >= 11 is 5.08. The predicted octanol–water partition coefficient (Wildman–Crippen LogP) is 1.59. The molecule has 1 aliphatic rings. The van der Waals surface area contributed by atoms with Gasteiger partial charge in [0.15, 0.2) is 5.11 Å². The lowest BCUT2D eigenvalue weighted by Gasteiger charge is -2.13. The molecule has 0 aromatic heterocycles. The van der Waals surface area contributed by atoms with Crippen molar-refractivity contribution in [2.24, 2.45) is 0 Å². The maximum Gasteiger partial charge on any atom is 0.329 e. The molecule has 0 radical (unpaired) electrons. The highest BCUT2D eigenvalue weighted by molar-refractivity contribution is 7.80. The lowest BCUT2D eigenvalue weighted by atomic mass is 10.2. The Hall–Kier alpha value is -2.22. The van der Waals surface area contributed by atoms with Gasteiger partial charge >= 0.3 is 5.97 Å². The van der Waals surface area contributed by atoms with Gasteiger partial charge in [-0.15, -0.1) is 0 Å². The van der Waals surface area contributed by atoms with Gasteiger partial charge in [0.05, 0.1) is 4.92 Å². The van der Waals surface area contributed by atoms with Gasteiger partial charge in [-0.3, -0.25) is 10.1 Å². The zero-order valence-electron chi connectivity index (χ0n) is 10.7. The summed E-state index contributed by atoms with van der Waals surface area (Å²) in [6, 6.07) is 5.37.